The Kier molecular flexibility index (Phi) is 4.49. The number of rotatable bonds is 5. The van der Waals surface area contributed by atoms with E-state index in [1.807, 2.05) is 0 Å². The van der Waals surface area contributed by atoms with E-state index in [0.29, 0.717) is 10.9 Å². The van der Waals surface area contributed by atoms with Gasteiger partial charge in [-0.3, -0.25) is 19.7 Å². The van der Waals surface area contributed by atoms with Gasteiger partial charge in [0.25, 0.3) is 11.5 Å². The molecule has 1 amide bonds. The Hall–Kier alpha value is -3.10. The molecule has 23 heavy (non-hydrogen) atoms. The van der Waals surface area contributed by atoms with Crippen molar-refractivity contribution < 1.29 is 19.2 Å². The summed E-state index contributed by atoms with van der Waals surface area (Å²) < 4.78 is 11.5. The maximum atomic E-state index is 12.2. The number of amides is 1. The summed E-state index contributed by atoms with van der Waals surface area (Å²) in [5.74, 6) is -0.410. The minimum atomic E-state index is -0.575. The molecule has 0 fully saturated rings. The van der Waals surface area contributed by atoms with E-state index in [-0.39, 0.29) is 23.8 Å². The van der Waals surface area contributed by atoms with Gasteiger partial charge in [-0.15, -0.1) is 0 Å². The monoisotopic (exact) mass is 321 g/mol. The number of nitro groups is 1. The molecule has 9 heteroatoms. The molecule has 0 radical (unpaired) electrons. The molecule has 0 aliphatic carbocycles. The first-order valence-electron chi connectivity index (χ1n) is 6.58. The zero-order chi connectivity index (χ0) is 17.1. The van der Waals surface area contributed by atoms with Gasteiger partial charge in [0.1, 0.15) is 0 Å². The van der Waals surface area contributed by atoms with Gasteiger partial charge in [-0.25, -0.2) is 0 Å². The summed E-state index contributed by atoms with van der Waals surface area (Å²) in [4.78, 5) is 34.0. The standard InChI is InChI=1S/C14H15N3O6/c1-15-13(18)7-23-12-5-8-4-10(17(20)21)11(22-3)6-9(8)16(2)14(12)19/h4-6H,7H2,1-3H3,(H,15,18). The Morgan fingerprint density at radius 3 is 2.61 bits per heavy atom. The average molecular weight is 321 g/mol. The van der Waals surface area contributed by atoms with E-state index in [0.717, 1.165) is 0 Å². The Morgan fingerprint density at radius 1 is 1.35 bits per heavy atom. The minimum absolute atomic E-state index is 0.0523. The highest BCUT2D eigenvalue weighted by Gasteiger charge is 2.19. The number of ether oxygens (including phenoxy) is 2. The molecule has 0 atom stereocenters. The van der Waals surface area contributed by atoms with Crippen LogP contribution in [0.5, 0.6) is 11.5 Å². The predicted molar refractivity (Wildman–Crippen MR) is 82.0 cm³/mol. The van der Waals surface area contributed by atoms with Crippen molar-refractivity contribution in [2.45, 2.75) is 0 Å². The highest BCUT2D eigenvalue weighted by molar-refractivity contribution is 5.85. The van der Waals surface area contributed by atoms with E-state index in [1.54, 1.807) is 0 Å². The highest BCUT2D eigenvalue weighted by Crippen LogP contribution is 2.32. The molecule has 0 spiro atoms. The number of methoxy groups -OCH3 is 1. The fourth-order valence-electron chi connectivity index (χ4n) is 2.08. The number of pyridine rings is 1. The van der Waals surface area contributed by atoms with Gasteiger partial charge in [0.15, 0.2) is 18.1 Å². The van der Waals surface area contributed by atoms with E-state index >= 15 is 0 Å². The molecule has 0 bridgehead atoms. The van der Waals surface area contributed by atoms with Crippen LogP contribution in [0.3, 0.4) is 0 Å². The molecule has 0 aliphatic heterocycles. The van der Waals surface area contributed by atoms with Crippen LogP contribution in [0.4, 0.5) is 5.69 Å². The van der Waals surface area contributed by atoms with Crippen LogP contribution in [0.1, 0.15) is 0 Å². The van der Waals surface area contributed by atoms with Gasteiger partial charge < -0.3 is 19.4 Å². The summed E-state index contributed by atoms with van der Waals surface area (Å²) in [5, 5.41) is 13.9. The number of fused-ring (bicyclic) bond motifs is 1. The Balaban J connectivity index is 2.61. The molecule has 0 unspecified atom stereocenters. The van der Waals surface area contributed by atoms with Crippen LogP contribution in [0.25, 0.3) is 10.9 Å². The number of benzene rings is 1. The Bertz CT molecular complexity index is 843. The lowest BCUT2D eigenvalue weighted by Crippen LogP contribution is -2.27. The second kappa shape index (κ2) is 6.34. The van der Waals surface area contributed by atoms with E-state index < -0.39 is 16.4 Å². The molecule has 9 nitrogen and oxygen atoms in total. The van der Waals surface area contributed by atoms with Crippen molar-refractivity contribution in [3.05, 3.63) is 38.7 Å². The Morgan fingerprint density at radius 2 is 2.04 bits per heavy atom. The third-order valence-electron chi connectivity index (χ3n) is 3.33. The van der Waals surface area contributed by atoms with Crippen molar-refractivity contribution in [1.29, 1.82) is 0 Å². The van der Waals surface area contributed by atoms with Gasteiger partial charge in [0, 0.05) is 31.6 Å². The second-order valence-electron chi connectivity index (χ2n) is 4.67. The number of carbonyl (C=O) groups is 1. The quantitative estimate of drug-likeness (QED) is 0.636. The largest absolute Gasteiger partial charge is 0.490 e. The maximum Gasteiger partial charge on any atom is 0.311 e. The second-order valence-corrected chi connectivity index (χ2v) is 4.67. The first kappa shape index (κ1) is 16.3. The summed E-state index contributed by atoms with van der Waals surface area (Å²) in [6.45, 7) is -0.324. The molecule has 2 rings (SSSR count). The normalized spacial score (nSPS) is 10.4. The van der Waals surface area contributed by atoms with Crippen molar-refractivity contribution in [3.63, 3.8) is 0 Å². The number of aryl methyl sites for hydroxylation is 1. The van der Waals surface area contributed by atoms with Crippen molar-refractivity contribution in [2.24, 2.45) is 7.05 Å². The first-order valence-corrected chi connectivity index (χ1v) is 6.58. The zero-order valence-corrected chi connectivity index (χ0v) is 12.8. The van der Waals surface area contributed by atoms with Gasteiger partial charge in [-0.05, 0) is 6.07 Å². The van der Waals surface area contributed by atoms with Crippen LogP contribution in [0.2, 0.25) is 0 Å². The fourth-order valence-corrected chi connectivity index (χ4v) is 2.08. The number of hydrogen-bond donors (Lipinski definition) is 1. The fraction of sp³-hybridized carbons (Fsp3) is 0.286. The van der Waals surface area contributed by atoms with Crippen molar-refractivity contribution in [3.8, 4) is 11.5 Å². The average Bonchev–Trinajstić information content (AvgIpc) is 2.55. The molecule has 1 aromatic heterocycles. The van der Waals surface area contributed by atoms with Crippen LogP contribution < -0.4 is 20.3 Å². The number of carbonyl (C=O) groups excluding carboxylic acids is 1. The predicted octanol–water partition coefficient (Wildman–Crippen LogP) is 0.580. The third kappa shape index (κ3) is 3.07. The lowest BCUT2D eigenvalue weighted by molar-refractivity contribution is -0.385. The van der Waals surface area contributed by atoms with Crippen LogP contribution in [-0.2, 0) is 11.8 Å². The smallest absolute Gasteiger partial charge is 0.311 e. The number of aromatic nitrogens is 1. The zero-order valence-electron chi connectivity index (χ0n) is 12.8. The molecular formula is C14H15N3O6. The van der Waals surface area contributed by atoms with E-state index in [2.05, 4.69) is 5.32 Å². The number of likely N-dealkylation sites (N-methyl/N-ethyl adjacent to an activating group) is 1. The topological polar surface area (TPSA) is 113 Å². The summed E-state index contributed by atoms with van der Waals surface area (Å²) in [7, 11) is 4.26. The highest BCUT2D eigenvalue weighted by atomic mass is 16.6. The lowest BCUT2D eigenvalue weighted by atomic mass is 10.1. The molecule has 1 heterocycles. The van der Waals surface area contributed by atoms with Crippen LogP contribution in [-0.4, -0.2) is 36.2 Å². The van der Waals surface area contributed by atoms with Crippen LogP contribution >= 0.6 is 0 Å². The molecule has 2 aromatic rings. The lowest BCUT2D eigenvalue weighted by Gasteiger charge is -2.11. The molecular weight excluding hydrogens is 306 g/mol. The number of nitrogens with one attached hydrogen (secondary N) is 1. The third-order valence-corrected chi connectivity index (χ3v) is 3.33. The van der Waals surface area contributed by atoms with Crippen molar-refractivity contribution in [1.82, 2.24) is 9.88 Å². The van der Waals surface area contributed by atoms with E-state index in [1.165, 1.54) is 44.0 Å². The van der Waals surface area contributed by atoms with E-state index in [9.17, 15) is 19.7 Å². The number of nitrogens with zero attached hydrogens (tertiary/aromatic N) is 2. The van der Waals surface area contributed by atoms with Crippen molar-refractivity contribution in [2.75, 3.05) is 20.8 Å². The molecule has 0 saturated carbocycles. The van der Waals surface area contributed by atoms with Crippen LogP contribution in [0.15, 0.2) is 23.0 Å². The minimum Gasteiger partial charge on any atom is -0.490 e. The summed E-state index contributed by atoms with van der Waals surface area (Å²) >= 11 is 0. The molecule has 1 N–H and O–H groups in total. The van der Waals surface area contributed by atoms with Crippen molar-refractivity contribution >= 4 is 22.5 Å². The molecule has 1 aromatic carbocycles. The van der Waals surface area contributed by atoms with E-state index in [4.69, 9.17) is 9.47 Å². The maximum absolute atomic E-state index is 12.2. The summed E-state index contributed by atoms with van der Waals surface area (Å²) in [6.07, 6.45) is 0. The van der Waals surface area contributed by atoms with Gasteiger partial charge in [-0.1, -0.05) is 0 Å². The van der Waals surface area contributed by atoms with Gasteiger partial charge in [0.05, 0.1) is 17.5 Å². The first-order chi connectivity index (χ1) is 10.9. The number of nitro benzene ring substituents is 1. The summed E-state index contributed by atoms with van der Waals surface area (Å²) in [6, 6.07) is 4.07. The van der Waals surface area contributed by atoms with Gasteiger partial charge in [-0.2, -0.15) is 0 Å². The SMILES string of the molecule is CNC(=O)COc1cc2cc([N+](=O)[O-])c(OC)cc2n(C)c1=O. The molecule has 0 aliphatic rings. The number of hydrogen-bond acceptors (Lipinski definition) is 6. The summed E-state index contributed by atoms with van der Waals surface area (Å²) in [5.41, 5.74) is -0.238. The van der Waals surface area contributed by atoms with Crippen LogP contribution in [0, 0.1) is 10.1 Å². The van der Waals surface area contributed by atoms with Gasteiger partial charge >= 0.3 is 5.69 Å². The Labute approximate surface area is 130 Å². The molecule has 122 valence electrons. The molecule has 0 saturated heterocycles. The van der Waals surface area contributed by atoms with Gasteiger partial charge in [0.2, 0.25) is 0 Å².